The first kappa shape index (κ1) is 17.2. The predicted octanol–water partition coefficient (Wildman–Crippen LogP) is 2.40. The molecule has 1 saturated heterocycles. The van der Waals surface area contributed by atoms with E-state index in [1.54, 1.807) is 0 Å². The van der Waals surface area contributed by atoms with Crippen LogP contribution in [-0.2, 0) is 17.6 Å². The van der Waals surface area contributed by atoms with E-state index in [1.165, 1.54) is 30.4 Å². The van der Waals surface area contributed by atoms with Gasteiger partial charge < -0.3 is 15.8 Å². The zero-order valence-electron chi connectivity index (χ0n) is 15.0. The molecule has 0 atom stereocenters. The van der Waals surface area contributed by atoms with E-state index in [-0.39, 0.29) is 5.54 Å². The molecule has 0 spiro atoms. The number of rotatable bonds is 4. The maximum atomic E-state index is 6.17. The van der Waals surface area contributed by atoms with Gasteiger partial charge in [-0.1, -0.05) is 12.1 Å². The summed E-state index contributed by atoms with van der Waals surface area (Å²) >= 11 is 0. The van der Waals surface area contributed by atoms with Gasteiger partial charge >= 0.3 is 0 Å². The van der Waals surface area contributed by atoms with Crippen molar-refractivity contribution in [1.82, 2.24) is 4.90 Å². The number of hydrogen-bond acceptors (Lipinski definition) is 3. The van der Waals surface area contributed by atoms with Crippen molar-refractivity contribution in [2.75, 3.05) is 38.2 Å². The number of fused-ring (bicyclic) bond motifs is 1. The molecular weight excluding hydrogens is 300 g/mol. The minimum atomic E-state index is -0.00774. The number of anilines is 1. The number of aliphatic imine (C=N–C) groups is 1. The second kappa shape index (κ2) is 7.53. The summed E-state index contributed by atoms with van der Waals surface area (Å²) in [7, 11) is 0. The molecule has 5 heteroatoms. The maximum absolute atomic E-state index is 6.17. The SMILES string of the molecule is CC(C)(CN=C(N)Nc1cccc2c1CCCC2)N1CCOCC1. The third kappa shape index (κ3) is 4.08. The fraction of sp³-hybridized carbons (Fsp3) is 0.632. The number of nitrogens with zero attached hydrogens (tertiary/aromatic N) is 2. The zero-order chi connectivity index (χ0) is 17.0. The molecule has 0 amide bonds. The molecule has 1 aliphatic heterocycles. The van der Waals surface area contributed by atoms with Crippen LogP contribution in [0.25, 0.3) is 0 Å². The van der Waals surface area contributed by atoms with Crippen molar-refractivity contribution < 1.29 is 4.74 Å². The summed E-state index contributed by atoms with van der Waals surface area (Å²) in [4.78, 5) is 7.04. The van der Waals surface area contributed by atoms with Gasteiger partial charge in [0.15, 0.2) is 5.96 Å². The highest BCUT2D eigenvalue weighted by molar-refractivity contribution is 5.93. The number of benzene rings is 1. The van der Waals surface area contributed by atoms with E-state index in [2.05, 4.69) is 47.3 Å². The molecule has 2 aliphatic rings. The van der Waals surface area contributed by atoms with Crippen molar-refractivity contribution in [2.45, 2.75) is 45.1 Å². The number of aryl methyl sites for hydroxylation is 1. The smallest absolute Gasteiger partial charge is 0.193 e. The molecule has 1 aliphatic carbocycles. The van der Waals surface area contributed by atoms with Crippen LogP contribution in [-0.4, -0.2) is 49.2 Å². The summed E-state index contributed by atoms with van der Waals surface area (Å²) in [5, 5.41) is 3.33. The fourth-order valence-corrected chi connectivity index (χ4v) is 3.62. The lowest BCUT2D eigenvalue weighted by molar-refractivity contribution is -0.00680. The highest BCUT2D eigenvalue weighted by atomic mass is 16.5. The molecule has 3 rings (SSSR count). The van der Waals surface area contributed by atoms with Crippen LogP contribution in [0.1, 0.15) is 37.8 Å². The van der Waals surface area contributed by atoms with Crippen LogP contribution in [0.4, 0.5) is 5.69 Å². The molecule has 132 valence electrons. The molecule has 24 heavy (non-hydrogen) atoms. The quantitative estimate of drug-likeness (QED) is 0.657. The number of guanidine groups is 1. The van der Waals surface area contributed by atoms with E-state index in [0.29, 0.717) is 12.5 Å². The Bertz CT molecular complexity index is 591. The third-order valence-electron chi connectivity index (χ3n) is 5.16. The predicted molar refractivity (Wildman–Crippen MR) is 99.7 cm³/mol. The lowest BCUT2D eigenvalue weighted by atomic mass is 9.90. The molecule has 1 heterocycles. The van der Waals surface area contributed by atoms with Gasteiger partial charge in [-0.3, -0.25) is 9.89 Å². The van der Waals surface area contributed by atoms with Crippen molar-refractivity contribution >= 4 is 11.6 Å². The van der Waals surface area contributed by atoms with Gasteiger partial charge in [0, 0.05) is 24.3 Å². The summed E-state index contributed by atoms with van der Waals surface area (Å²) in [6.45, 7) is 8.65. The van der Waals surface area contributed by atoms with E-state index in [0.717, 1.165) is 38.4 Å². The van der Waals surface area contributed by atoms with Gasteiger partial charge in [-0.2, -0.15) is 0 Å². The molecule has 3 N–H and O–H groups in total. The Morgan fingerprint density at radius 3 is 2.79 bits per heavy atom. The Balaban J connectivity index is 1.64. The minimum Gasteiger partial charge on any atom is -0.379 e. The molecule has 0 aromatic heterocycles. The second-order valence-electron chi connectivity index (χ2n) is 7.39. The van der Waals surface area contributed by atoms with Crippen LogP contribution >= 0.6 is 0 Å². The van der Waals surface area contributed by atoms with E-state index in [1.807, 2.05) is 0 Å². The first-order valence-corrected chi connectivity index (χ1v) is 9.07. The van der Waals surface area contributed by atoms with Crippen molar-refractivity contribution in [3.63, 3.8) is 0 Å². The van der Waals surface area contributed by atoms with Crippen molar-refractivity contribution in [3.8, 4) is 0 Å². The molecule has 1 fully saturated rings. The monoisotopic (exact) mass is 330 g/mol. The van der Waals surface area contributed by atoms with Gasteiger partial charge in [0.1, 0.15) is 0 Å². The van der Waals surface area contributed by atoms with E-state index >= 15 is 0 Å². The Kier molecular flexibility index (Phi) is 5.41. The minimum absolute atomic E-state index is 0.00774. The normalized spacial score (nSPS) is 19.8. The van der Waals surface area contributed by atoms with Gasteiger partial charge in [-0.15, -0.1) is 0 Å². The average molecular weight is 330 g/mol. The number of nitrogens with two attached hydrogens (primary N) is 1. The van der Waals surface area contributed by atoms with Crippen LogP contribution in [0.3, 0.4) is 0 Å². The first-order chi connectivity index (χ1) is 11.6. The van der Waals surface area contributed by atoms with E-state index in [9.17, 15) is 0 Å². The van der Waals surface area contributed by atoms with E-state index < -0.39 is 0 Å². The Labute approximate surface area is 145 Å². The Morgan fingerprint density at radius 2 is 2.00 bits per heavy atom. The number of ether oxygens (including phenoxy) is 1. The van der Waals surface area contributed by atoms with Crippen LogP contribution in [0.5, 0.6) is 0 Å². The van der Waals surface area contributed by atoms with Crippen molar-refractivity contribution in [2.24, 2.45) is 10.7 Å². The molecule has 0 bridgehead atoms. The molecule has 1 aromatic carbocycles. The standard InChI is InChI=1S/C19H30N4O/c1-19(2,23-10-12-24-13-11-23)14-21-18(20)22-17-9-5-7-15-6-3-4-8-16(15)17/h5,7,9H,3-4,6,8,10-14H2,1-2H3,(H3,20,21,22). The summed E-state index contributed by atoms with van der Waals surface area (Å²) < 4.78 is 5.44. The highest BCUT2D eigenvalue weighted by Gasteiger charge is 2.28. The van der Waals surface area contributed by atoms with E-state index in [4.69, 9.17) is 10.5 Å². The summed E-state index contributed by atoms with van der Waals surface area (Å²) in [6.07, 6.45) is 4.84. The van der Waals surface area contributed by atoms with Crippen LogP contribution in [0.15, 0.2) is 23.2 Å². The summed E-state index contributed by atoms with van der Waals surface area (Å²) in [6, 6.07) is 6.45. The lowest BCUT2D eigenvalue weighted by Crippen LogP contribution is -2.51. The summed E-state index contributed by atoms with van der Waals surface area (Å²) in [5.74, 6) is 0.510. The molecule has 0 radical (unpaired) electrons. The fourth-order valence-electron chi connectivity index (χ4n) is 3.62. The Hall–Kier alpha value is -1.59. The molecule has 1 aromatic rings. The average Bonchev–Trinajstić information content (AvgIpc) is 2.61. The topological polar surface area (TPSA) is 62.9 Å². The van der Waals surface area contributed by atoms with Crippen molar-refractivity contribution in [1.29, 1.82) is 0 Å². The van der Waals surface area contributed by atoms with Gasteiger partial charge in [-0.25, -0.2) is 0 Å². The summed E-state index contributed by atoms with van der Waals surface area (Å²) in [5.41, 5.74) is 10.1. The number of morpholine rings is 1. The largest absolute Gasteiger partial charge is 0.379 e. The highest BCUT2D eigenvalue weighted by Crippen LogP contribution is 2.27. The van der Waals surface area contributed by atoms with Crippen LogP contribution in [0, 0.1) is 0 Å². The van der Waals surface area contributed by atoms with Gasteiger partial charge in [0.25, 0.3) is 0 Å². The maximum Gasteiger partial charge on any atom is 0.193 e. The first-order valence-electron chi connectivity index (χ1n) is 9.07. The third-order valence-corrected chi connectivity index (χ3v) is 5.16. The van der Waals surface area contributed by atoms with Crippen LogP contribution < -0.4 is 11.1 Å². The molecule has 5 nitrogen and oxygen atoms in total. The number of nitrogens with one attached hydrogen (secondary N) is 1. The lowest BCUT2D eigenvalue weighted by Gasteiger charge is -2.39. The molecular formula is C19H30N4O. The molecule has 0 saturated carbocycles. The Morgan fingerprint density at radius 1 is 1.25 bits per heavy atom. The van der Waals surface area contributed by atoms with Crippen molar-refractivity contribution in [3.05, 3.63) is 29.3 Å². The second-order valence-corrected chi connectivity index (χ2v) is 7.39. The zero-order valence-corrected chi connectivity index (χ0v) is 15.0. The van der Waals surface area contributed by atoms with Gasteiger partial charge in [0.05, 0.1) is 19.8 Å². The van der Waals surface area contributed by atoms with Crippen LogP contribution in [0.2, 0.25) is 0 Å². The van der Waals surface area contributed by atoms with Gasteiger partial charge in [0.2, 0.25) is 0 Å². The van der Waals surface area contributed by atoms with Gasteiger partial charge in [-0.05, 0) is 56.7 Å². The number of hydrogen-bond donors (Lipinski definition) is 2. The molecule has 0 unspecified atom stereocenters.